The van der Waals surface area contributed by atoms with Crippen LogP contribution in [0.2, 0.25) is 5.15 Å². The molecule has 68 valence electrons. The topological polar surface area (TPSA) is 30.7 Å². The van der Waals surface area contributed by atoms with Gasteiger partial charge in [0, 0.05) is 18.8 Å². The average Bonchev–Trinajstić information content (AvgIpc) is 2.27. The Morgan fingerprint density at radius 2 is 2.23 bits per heavy atom. The van der Waals surface area contributed by atoms with E-state index in [0.717, 1.165) is 5.69 Å². The van der Waals surface area contributed by atoms with Crippen molar-refractivity contribution in [2.45, 2.75) is 6.92 Å². The number of pyridine rings is 1. The van der Waals surface area contributed by atoms with Crippen LogP contribution in [-0.4, -0.2) is 14.8 Å². The molecule has 0 spiro atoms. The largest absolute Gasteiger partial charge is 0.272 e. The maximum absolute atomic E-state index is 13.3. The first-order valence-electron chi connectivity index (χ1n) is 3.75. The van der Waals surface area contributed by atoms with Crippen molar-refractivity contribution in [2.24, 2.45) is 7.05 Å². The summed E-state index contributed by atoms with van der Waals surface area (Å²) in [6, 6.07) is 1.55. The molecule has 13 heavy (non-hydrogen) atoms. The van der Waals surface area contributed by atoms with E-state index >= 15 is 0 Å². The normalized spacial score (nSPS) is 11.1. The maximum atomic E-state index is 13.3. The van der Waals surface area contributed by atoms with Gasteiger partial charge in [-0.25, -0.2) is 4.98 Å². The first-order valence-corrected chi connectivity index (χ1v) is 4.12. The first-order chi connectivity index (χ1) is 6.09. The molecule has 0 aromatic carbocycles. The summed E-state index contributed by atoms with van der Waals surface area (Å²) < 4.78 is 14.9. The minimum Gasteiger partial charge on any atom is -0.272 e. The number of fused-ring (bicyclic) bond motifs is 1. The van der Waals surface area contributed by atoms with Gasteiger partial charge in [-0.1, -0.05) is 11.6 Å². The van der Waals surface area contributed by atoms with Crippen LogP contribution in [0, 0.1) is 12.9 Å². The lowest BCUT2D eigenvalue weighted by atomic mass is 10.3. The summed E-state index contributed by atoms with van der Waals surface area (Å²) in [7, 11) is 1.75. The summed E-state index contributed by atoms with van der Waals surface area (Å²) in [6.07, 6.45) is 0. The van der Waals surface area contributed by atoms with Crippen molar-refractivity contribution in [3.63, 3.8) is 0 Å². The van der Waals surface area contributed by atoms with Gasteiger partial charge in [-0.3, -0.25) is 4.68 Å². The molecule has 2 heterocycles. The van der Waals surface area contributed by atoms with E-state index in [9.17, 15) is 4.39 Å². The van der Waals surface area contributed by atoms with Gasteiger partial charge in [0.1, 0.15) is 10.7 Å². The molecule has 2 aromatic heterocycles. The van der Waals surface area contributed by atoms with Gasteiger partial charge in [0.25, 0.3) is 0 Å². The zero-order valence-corrected chi connectivity index (χ0v) is 7.93. The first kappa shape index (κ1) is 8.44. The van der Waals surface area contributed by atoms with E-state index in [1.165, 1.54) is 0 Å². The maximum Gasteiger partial charge on any atom is 0.225 e. The van der Waals surface area contributed by atoms with Gasteiger partial charge in [0.15, 0.2) is 0 Å². The van der Waals surface area contributed by atoms with E-state index in [1.54, 1.807) is 24.7 Å². The standard InChI is InChI=1S/C8H7ClFN3/c1-4-7-5(12-13(4)2)3-6(9)11-8(7)10/h3H,1-2H3. The van der Waals surface area contributed by atoms with Crippen LogP contribution in [-0.2, 0) is 7.05 Å². The van der Waals surface area contributed by atoms with Crippen LogP contribution in [0.1, 0.15) is 5.69 Å². The van der Waals surface area contributed by atoms with Crippen molar-refractivity contribution >= 4 is 22.5 Å². The van der Waals surface area contributed by atoms with Gasteiger partial charge in [-0.05, 0) is 6.92 Å². The summed E-state index contributed by atoms with van der Waals surface area (Å²) in [5, 5.41) is 4.65. The van der Waals surface area contributed by atoms with Gasteiger partial charge in [0.2, 0.25) is 5.95 Å². The second kappa shape index (κ2) is 2.67. The number of hydrogen-bond acceptors (Lipinski definition) is 2. The van der Waals surface area contributed by atoms with Crippen LogP contribution >= 0.6 is 11.6 Å². The molecule has 5 heteroatoms. The van der Waals surface area contributed by atoms with Crippen LogP contribution in [0.4, 0.5) is 4.39 Å². The summed E-state index contributed by atoms with van der Waals surface area (Å²) >= 11 is 5.59. The second-order valence-corrected chi connectivity index (χ2v) is 3.23. The van der Waals surface area contributed by atoms with Crippen LogP contribution in [0.3, 0.4) is 0 Å². The smallest absolute Gasteiger partial charge is 0.225 e. The van der Waals surface area contributed by atoms with Gasteiger partial charge in [0.05, 0.1) is 5.39 Å². The Hall–Kier alpha value is -1.16. The molecule has 0 saturated carbocycles. The Bertz CT molecular complexity index is 478. The Morgan fingerprint density at radius 3 is 2.92 bits per heavy atom. The number of halogens is 2. The average molecular weight is 200 g/mol. The molecule has 0 radical (unpaired) electrons. The number of aryl methyl sites for hydroxylation is 2. The zero-order chi connectivity index (χ0) is 9.59. The monoisotopic (exact) mass is 199 g/mol. The van der Waals surface area contributed by atoms with Gasteiger partial charge >= 0.3 is 0 Å². The molecule has 0 bridgehead atoms. The van der Waals surface area contributed by atoms with E-state index in [1.807, 2.05) is 0 Å². The third-order valence-corrected chi connectivity index (χ3v) is 2.22. The highest BCUT2D eigenvalue weighted by molar-refractivity contribution is 6.30. The molecule has 0 unspecified atom stereocenters. The fourth-order valence-corrected chi connectivity index (χ4v) is 1.46. The molecular formula is C8H7ClFN3. The van der Waals surface area contributed by atoms with E-state index in [0.29, 0.717) is 10.9 Å². The molecule has 0 atom stereocenters. The minimum atomic E-state index is -0.562. The highest BCUT2D eigenvalue weighted by Gasteiger charge is 2.11. The van der Waals surface area contributed by atoms with E-state index in [2.05, 4.69) is 10.1 Å². The third-order valence-electron chi connectivity index (χ3n) is 2.03. The molecule has 2 aromatic rings. The second-order valence-electron chi connectivity index (χ2n) is 2.84. The minimum absolute atomic E-state index is 0.128. The molecule has 3 nitrogen and oxygen atoms in total. The number of rotatable bonds is 0. The van der Waals surface area contributed by atoms with Crippen LogP contribution in [0.5, 0.6) is 0 Å². The fraction of sp³-hybridized carbons (Fsp3) is 0.250. The predicted molar refractivity (Wildman–Crippen MR) is 48.2 cm³/mol. The van der Waals surface area contributed by atoms with E-state index in [-0.39, 0.29) is 5.15 Å². The highest BCUT2D eigenvalue weighted by atomic mass is 35.5. The number of nitrogens with zero attached hydrogens (tertiary/aromatic N) is 3. The molecule has 0 saturated heterocycles. The molecule has 0 aliphatic carbocycles. The highest BCUT2D eigenvalue weighted by Crippen LogP contribution is 2.21. The van der Waals surface area contributed by atoms with Gasteiger partial charge < -0.3 is 0 Å². The fourth-order valence-electron chi connectivity index (χ4n) is 1.28. The summed E-state index contributed by atoms with van der Waals surface area (Å²) in [4.78, 5) is 3.52. The summed E-state index contributed by atoms with van der Waals surface area (Å²) in [5.41, 5.74) is 1.29. The Balaban J connectivity index is 2.94. The Kier molecular flexibility index (Phi) is 1.73. The van der Waals surface area contributed by atoms with Crippen molar-refractivity contribution in [3.8, 4) is 0 Å². The van der Waals surface area contributed by atoms with Crippen LogP contribution in [0.15, 0.2) is 6.07 Å². The van der Waals surface area contributed by atoms with Gasteiger partial charge in [-0.2, -0.15) is 9.49 Å². The molecule has 0 fully saturated rings. The molecule has 0 N–H and O–H groups in total. The molecule has 0 aliphatic rings. The number of hydrogen-bond donors (Lipinski definition) is 0. The summed E-state index contributed by atoms with van der Waals surface area (Å²) in [6.45, 7) is 1.79. The zero-order valence-electron chi connectivity index (χ0n) is 7.17. The molecular weight excluding hydrogens is 193 g/mol. The van der Waals surface area contributed by atoms with Crippen molar-refractivity contribution in [1.82, 2.24) is 14.8 Å². The third kappa shape index (κ3) is 1.18. The molecule has 2 rings (SSSR count). The lowest BCUT2D eigenvalue weighted by Gasteiger charge is -1.93. The van der Waals surface area contributed by atoms with Crippen molar-refractivity contribution < 1.29 is 4.39 Å². The molecule has 0 aliphatic heterocycles. The Morgan fingerprint density at radius 1 is 1.54 bits per heavy atom. The van der Waals surface area contributed by atoms with E-state index < -0.39 is 5.95 Å². The lowest BCUT2D eigenvalue weighted by molar-refractivity contribution is 0.596. The Labute approximate surface area is 79.1 Å². The number of aromatic nitrogens is 3. The van der Waals surface area contributed by atoms with Crippen molar-refractivity contribution in [2.75, 3.05) is 0 Å². The predicted octanol–water partition coefficient (Wildman–Crippen LogP) is 2.07. The molecule has 0 amide bonds. The summed E-state index contributed by atoms with van der Waals surface area (Å²) in [5.74, 6) is -0.562. The van der Waals surface area contributed by atoms with E-state index in [4.69, 9.17) is 11.6 Å². The van der Waals surface area contributed by atoms with Crippen molar-refractivity contribution in [1.29, 1.82) is 0 Å². The SMILES string of the molecule is Cc1c2c(F)nc(Cl)cc2nn1C. The van der Waals surface area contributed by atoms with Crippen LogP contribution in [0.25, 0.3) is 10.9 Å². The lowest BCUT2D eigenvalue weighted by Crippen LogP contribution is -1.91. The van der Waals surface area contributed by atoms with Gasteiger partial charge in [-0.15, -0.1) is 0 Å². The quantitative estimate of drug-likeness (QED) is 0.609. The van der Waals surface area contributed by atoms with Crippen LogP contribution < -0.4 is 0 Å². The van der Waals surface area contributed by atoms with Crippen molar-refractivity contribution in [3.05, 3.63) is 22.9 Å².